The Balaban J connectivity index is 2.49. The number of benzene rings is 1. The van der Waals surface area contributed by atoms with Gasteiger partial charge in [-0.05, 0) is 0 Å². The van der Waals surface area contributed by atoms with E-state index in [2.05, 4.69) is 12.7 Å². The molecule has 1 heterocycles. The van der Waals surface area contributed by atoms with Crippen LogP contribution in [-0.2, 0) is 10.0 Å². The van der Waals surface area contributed by atoms with Gasteiger partial charge in [0.15, 0.2) is 0 Å². The van der Waals surface area contributed by atoms with E-state index in [4.69, 9.17) is 0 Å². The molecule has 0 amide bonds. The van der Waals surface area contributed by atoms with Gasteiger partial charge in [0.1, 0.15) is 0 Å². The van der Waals surface area contributed by atoms with Crippen LogP contribution in [-0.4, -0.2) is 56.5 Å². The van der Waals surface area contributed by atoms with E-state index in [1.807, 2.05) is 0 Å². The Hall–Kier alpha value is -0.861. The first-order valence-corrected chi connectivity index (χ1v) is 8.44. The molecule has 1 aromatic carbocycles. The number of rotatable bonds is 4. The predicted molar refractivity (Wildman–Crippen MR) is 69.9 cm³/mol. The van der Waals surface area contributed by atoms with E-state index in [1.165, 1.54) is 6.07 Å². The Morgan fingerprint density at radius 2 is 1.95 bits per heavy atom. The molecule has 0 fully saturated rings. The SMILES string of the molecule is CC(NS(=O)(=O)c1ccc(F)c2n[se]nc12)N(C)C. The van der Waals surface area contributed by atoms with Crippen LogP contribution in [0.2, 0.25) is 0 Å². The summed E-state index contributed by atoms with van der Waals surface area (Å²) in [7, 11) is -0.239. The third-order valence-corrected chi connectivity index (χ3v) is 5.39. The summed E-state index contributed by atoms with van der Waals surface area (Å²) in [5.74, 6) is -0.544. The van der Waals surface area contributed by atoms with E-state index in [0.29, 0.717) is 0 Å². The van der Waals surface area contributed by atoms with Gasteiger partial charge in [-0.2, -0.15) is 0 Å². The molecule has 2 aromatic rings. The maximum atomic E-state index is 13.5. The zero-order valence-electron chi connectivity index (χ0n) is 10.6. The first kappa shape index (κ1) is 14.5. The van der Waals surface area contributed by atoms with Crippen molar-refractivity contribution in [1.29, 1.82) is 0 Å². The molecule has 19 heavy (non-hydrogen) atoms. The zero-order valence-corrected chi connectivity index (χ0v) is 13.1. The fourth-order valence-corrected chi connectivity index (χ4v) is 4.17. The number of sulfonamides is 1. The second-order valence-corrected chi connectivity index (χ2v) is 7.06. The molecule has 1 atom stereocenters. The Bertz CT molecular complexity index is 701. The molecule has 1 unspecified atom stereocenters. The van der Waals surface area contributed by atoms with Crippen LogP contribution < -0.4 is 4.72 Å². The van der Waals surface area contributed by atoms with Gasteiger partial charge in [0.05, 0.1) is 0 Å². The molecule has 9 heteroatoms. The normalized spacial score (nSPS) is 14.2. The van der Waals surface area contributed by atoms with Gasteiger partial charge in [-0.3, -0.25) is 0 Å². The summed E-state index contributed by atoms with van der Waals surface area (Å²) in [4.78, 5) is 1.69. The first-order chi connectivity index (χ1) is 8.83. The van der Waals surface area contributed by atoms with Crippen LogP contribution in [0.3, 0.4) is 0 Å². The average Bonchev–Trinajstić information content (AvgIpc) is 2.77. The monoisotopic (exact) mass is 352 g/mol. The molecule has 0 radical (unpaired) electrons. The second-order valence-electron chi connectivity index (χ2n) is 4.27. The molecule has 0 aliphatic rings. The van der Waals surface area contributed by atoms with E-state index in [9.17, 15) is 12.8 Å². The minimum absolute atomic E-state index is 0.0271. The third-order valence-electron chi connectivity index (χ3n) is 2.72. The van der Waals surface area contributed by atoms with Gasteiger partial charge in [0, 0.05) is 0 Å². The molecule has 0 aliphatic heterocycles. The minimum atomic E-state index is -3.75. The van der Waals surface area contributed by atoms with Crippen molar-refractivity contribution in [3.05, 3.63) is 17.9 Å². The van der Waals surface area contributed by atoms with Crippen molar-refractivity contribution in [3.8, 4) is 0 Å². The van der Waals surface area contributed by atoms with E-state index in [1.54, 1.807) is 25.9 Å². The quantitative estimate of drug-likeness (QED) is 0.621. The number of nitrogens with one attached hydrogen (secondary N) is 1. The van der Waals surface area contributed by atoms with Gasteiger partial charge in [-0.15, -0.1) is 0 Å². The number of hydrogen-bond donors (Lipinski definition) is 1. The number of fused-ring (bicyclic) bond motifs is 1. The zero-order chi connectivity index (χ0) is 14.2. The van der Waals surface area contributed by atoms with Crippen molar-refractivity contribution in [2.45, 2.75) is 18.0 Å². The number of nitrogens with zero attached hydrogens (tertiary/aromatic N) is 3. The van der Waals surface area contributed by atoms with Crippen molar-refractivity contribution in [2.75, 3.05) is 14.1 Å². The molecular formula is C10H13FN4O2SSe. The fraction of sp³-hybridized carbons (Fsp3) is 0.400. The Morgan fingerprint density at radius 3 is 2.58 bits per heavy atom. The van der Waals surface area contributed by atoms with Crippen LogP contribution in [0.4, 0.5) is 4.39 Å². The molecule has 1 N–H and O–H groups in total. The Labute approximate surface area is 116 Å². The van der Waals surface area contributed by atoms with E-state index >= 15 is 0 Å². The molecule has 0 spiro atoms. The molecule has 0 saturated carbocycles. The number of aromatic nitrogens is 2. The summed E-state index contributed by atoms with van der Waals surface area (Å²) in [6.45, 7) is 1.72. The van der Waals surface area contributed by atoms with Crippen molar-refractivity contribution in [2.24, 2.45) is 0 Å². The van der Waals surface area contributed by atoms with Gasteiger partial charge < -0.3 is 0 Å². The molecule has 0 bridgehead atoms. The van der Waals surface area contributed by atoms with Gasteiger partial charge in [0.2, 0.25) is 0 Å². The van der Waals surface area contributed by atoms with Gasteiger partial charge >= 0.3 is 116 Å². The summed E-state index contributed by atoms with van der Waals surface area (Å²) < 4.78 is 48.4. The fourth-order valence-electron chi connectivity index (χ4n) is 1.42. The van der Waals surface area contributed by atoms with Gasteiger partial charge in [-0.1, -0.05) is 0 Å². The van der Waals surface area contributed by atoms with Crippen LogP contribution in [0.5, 0.6) is 0 Å². The van der Waals surface area contributed by atoms with Crippen LogP contribution in [0.25, 0.3) is 11.0 Å². The maximum absolute atomic E-state index is 13.5. The Kier molecular flexibility index (Phi) is 4.03. The molecule has 2 rings (SSSR count). The average molecular weight is 351 g/mol. The Morgan fingerprint density at radius 1 is 1.32 bits per heavy atom. The van der Waals surface area contributed by atoms with Crippen LogP contribution in [0.1, 0.15) is 6.92 Å². The summed E-state index contributed by atoms with van der Waals surface area (Å²) in [6, 6.07) is 2.33. The van der Waals surface area contributed by atoms with Crippen LogP contribution in [0.15, 0.2) is 17.0 Å². The van der Waals surface area contributed by atoms with Gasteiger partial charge in [-0.25, -0.2) is 0 Å². The summed E-state index contributed by atoms with van der Waals surface area (Å²) in [6.07, 6.45) is -0.380. The molecule has 0 aliphatic carbocycles. The molecule has 1 aromatic heterocycles. The van der Waals surface area contributed by atoms with Crippen molar-refractivity contribution < 1.29 is 12.8 Å². The number of hydrogen-bond acceptors (Lipinski definition) is 5. The predicted octanol–water partition coefficient (Wildman–Crippen LogP) is 0.0118. The van der Waals surface area contributed by atoms with E-state index in [-0.39, 0.29) is 22.1 Å². The molecule has 6 nitrogen and oxygen atoms in total. The van der Waals surface area contributed by atoms with Crippen molar-refractivity contribution in [1.82, 2.24) is 17.6 Å². The first-order valence-electron chi connectivity index (χ1n) is 5.42. The van der Waals surface area contributed by atoms with Crippen molar-refractivity contribution >= 4 is 36.0 Å². The molecular weight excluding hydrogens is 338 g/mol. The third kappa shape index (κ3) is 2.85. The summed E-state index contributed by atoms with van der Waals surface area (Å²) >= 11 is -0.484. The van der Waals surface area contributed by atoms with E-state index in [0.717, 1.165) is 6.07 Å². The van der Waals surface area contributed by atoms with Crippen LogP contribution >= 0.6 is 0 Å². The van der Waals surface area contributed by atoms with E-state index < -0.39 is 30.8 Å². The standard InChI is InChI=1S/C10H13FN4O2SSe/c1-6(15(2)3)12-18(16,17)8-5-4-7(11)9-10(8)14-19-13-9/h4-6,12H,1-3H3. The summed E-state index contributed by atoms with van der Waals surface area (Å²) in [5.41, 5.74) is 0.166. The summed E-state index contributed by atoms with van der Waals surface area (Å²) in [5, 5.41) is 0. The van der Waals surface area contributed by atoms with Crippen LogP contribution in [0, 0.1) is 5.82 Å². The van der Waals surface area contributed by atoms with Gasteiger partial charge in [0.25, 0.3) is 0 Å². The second kappa shape index (κ2) is 5.26. The topological polar surface area (TPSA) is 75.2 Å². The molecule has 104 valence electrons. The van der Waals surface area contributed by atoms with Crippen molar-refractivity contribution in [3.63, 3.8) is 0 Å². The number of halogens is 1. The molecule has 0 saturated heterocycles.